The van der Waals surface area contributed by atoms with E-state index >= 15 is 0 Å². The van der Waals surface area contributed by atoms with E-state index in [1.165, 1.54) is 30.3 Å². The minimum Gasteiger partial charge on any atom is -0.345 e. The van der Waals surface area contributed by atoms with Crippen molar-refractivity contribution in [2.75, 3.05) is 0 Å². The van der Waals surface area contributed by atoms with Gasteiger partial charge in [-0.2, -0.15) is 0 Å². The molecule has 1 atom stereocenters. The van der Waals surface area contributed by atoms with Crippen LogP contribution in [0.5, 0.6) is 0 Å². The van der Waals surface area contributed by atoms with Gasteiger partial charge in [0.25, 0.3) is 11.6 Å². The van der Waals surface area contributed by atoms with Crippen molar-refractivity contribution in [3.05, 3.63) is 75.1 Å². The molecule has 126 valence electrons. The summed E-state index contributed by atoms with van der Waals surface area (Å²) in [6.07, 6.45) is 0. The summed E-state index contributed by atoms with van der Waals surface area (Å²) in [7, 11) is 0. The number of nitrogens with zero attached hydrogens (tertiary/aromatic N) is 1. The Hall–Kier alpha value is -2.76. The van der Waals surface area contributed by atoms with Crippen LogP contribution in [-0.2, 0) is 0 Å². The maximum Gasteiger partial charge on any atom is 0.272 e. The van der Waals surface area contributed by atoms with Gasteiger partial charge in [0.05, 0.1) is 11.0 Å². The smallest absolute Gasteiger partial charge is 0.272 e. The maximum atomic E-state index is 13.1. The highest BCUT2D eigenvalue weighted by Crippen LogP contribution is 2.24. The number of hydrogen-bond acceptors (Lipinski definition) is 3. The Morgan fingerprint density at radius 2 is 1.79 bits per heavy atom. The molecule has 0 aromatic heterocycles. The minimum absolute atomic E-state index is 0.0227. The summed E-state index contributed by atoms with van der Waals surface area (Å²) in [4.78, 5) is 22.9. The molecule has 0 fully saturated rings. The first-order chi connectivity index (χ1) is 11.3. The molecule has 6 heteroatoms. The van der Waals surface area contributed by atoms with Crippen molar-refractivity contribution in [3.63, 3.8) is 0 Å². The van der Waals surface area contributed by atoms with Crippen LogP contribution in [0.4, 0.5) is 10.1 Å². The Bertz CT molecular complexity index is 757. The molecule has 0 saturated carbocycles. The van der Waals surface area contributed by atoms with Crippen LogP contribution in [-0.4, -0.2) is 10.8 Å². The summed E-state index contributed by atoms with van der Waals surface area (Å²) in [6, 6.07) is 9.96. The molecule has 1 amide bonds. The molecule has 24 heavy (non-hydrogen) atoms. The Kier molecular flexibility index (Phi) is 5.28. The van der Waals surface area contributed by atoms with Crippen LogP contribution in [0.3, 0.4) is 0 Å². The molecule has 0 aliphatic carbocycles. The molecule has 0 aliphatic rings. The number of halogens is 1. The fraction of sp³-hybridized carbons (Fsp3) is 0.278. The first-order valence-electron chi connectivity index (χ1n) is 7.61. The van der Waals surface area contributed by atoms with Crippen molar-refractivity contribution in [1.29, 1.82) is 0 Å². The van der Waals surface area contributed by atoms with E-state index < -0.39 is 4.92 Å². The number of nitrogens with one attached hydrogen (secondary N) is 1. The van der Waals surface area contributed by atoms with Crippen LogP contribution in [0.1, 0.15) is 41.4 Å². The summed E-state index contributed by atoms with van der Waals surface area (Å²) in [6.45, 7) is 5.50. The third-order valence-corrected chi connectivity index (χ3v) is 3.84. The normalized spacial score (nSPS) is 12.0. The SMILES string of the molecule is Cc1cc(C(=O)N[C@H](c2ccc(F)cc2)C(C)C)ccc1[N+](=O)[O-]. The lowest BCUT2D eigenvalue weighted by Crippen LogP contribution is -2.31. The lowest BCUT2D eigenvalue weighted by atomic mass is 9.95. The first-order valence-corrected chi connectivity index (χ1v) is 7.61. The Balaban J connectivity index is 2.23. The fourth-order valence-corrected chi connectivity index (χ4v) is 2.53. The first kappa shape index (κ1) is 17.6. The Morgan fingerprint density at radius 1 is 1.17 bits per heavy atom. The lowest BCUT2D eigenvalue weighted by molar-refractivity contribution is -0.385. The largest absolute Gasteiger partial charge is 0.345 e. The number of aryl methyl sites for hydroxylation is 1. The molecular weight excluding hydrogens is 311 g/mol. The average Bonchev–Trinajstić information content (AvgIpc) is 2.52. The van der Waals surface area contributed by atoms with E-state index in [1.54, 1.807) is 19.1 Å². The van der Waals surface area contributed by atoms with Gasteiger partial charge < -0.3 is 5.32 Å². The zero-order chi connectivity index (χ0) is 17.9. The van der Waals surface area contributed by atoms with Crippen molar-refractivity contribution in [1.82, 2.24) is 5.32 Å². The molecule has 5 nitrogen and oxygen atoms in total. The van der Waals surface area contributed by atoms with Gasteiger partial charge in [-0.05, 0) is 42.7 Å². The van der Waals surface area contributed by atoms with E-state index in [4.69, 9.17) is 0 Å². The van der Waals surface area contributed by atoms with E-state index in [2.05, 4.69) is 5.32 Å². The lowest BCUT2D eigenvalue weighted by Gasteiger charge is -2.23. The zero-order valence-electron chi connectivity index (χ0n) is 13.7. The molecule has 0 aliphatic heterocycles. The van der Waals surface area contributed by atoms with Gasteiger partial charge in [0, 0.05) is 17.2 Å². The van der Waals surface area contributed by atoms with Crippen molar-refractivity contribution < 1.29 is 14.1 Å². The van der Waals surface area contributed by atoms with Crippen molar-refractivity contribution in [2.45, 2.75) is 26.8 Å². The molecule has 1 N–H and O–H groups in total. The van der Waals surface area contributed by atoms with Crippen LogP contribution in [0.25, 0.3) is 0 Å². The van der Waals surface area contributed by atoms with Gasteiger partial charge in [-0.3, -0.25) is 14.9 Å². The maximum absolute atomic E-state index is 13.1. The second kappa shape index (κ2) is 7.21. The molecule has 0 radical (unpaired) electrons. The minimum atomic E-state index is -0.480. The second-order valence-corrected chi connectivity index (χ2v) is 6.01. The number of carbonyl (C=O) groups excluding carboxylic acids is 1. The number of amides is 1. The second-order valence-electron chi connectivity index (χ2n) is 6.01. The molecule has 0 bridgehead atoms. The van der Waals surface area contributed by atoms with E-state index in [-0.39, 0.29) is 29.4 Å². The average molecular weight is 330 g/mol. The predicted octanol–water partition coefficient (Wildman–Crippen LogP) is 4.17. The predicted molar refractivity (Wildman–Crippen MR) is 89.3 cm³/mol. The van der Waals surface area contributed by atoms with E-state index in [1.807, 2.05) is 13.8 Å². The molecule has 0 heterocycles. The van der Waals surface area contributed by atoms with Gasteiger partial charge in [0.1, 0.15) is 5.82 Å². The number of rotatable bonds is 5. The number of nitro benzene ring substituents is 1. The molecule has 2 aromatic rings. The van der Waals surface area contributed by atoms with E-state index in [9.17, 15) is 19.3 Å². The molecule has 2 aromatic carbocycles. The summed E-state index contributed by atoms with van der Waals surface area (Å²) < 4.78 is 13.1. The Labute approximate surface area is 139 Å². The van der Waals surface area contributed by atoms with Gasteiger partial charge in [-0.1, -0.05) is 26.0 Å². The molecule has 0 spiro atoms. The highest BCUT2D eigenvalue weighted by molar-refractivity contribution is 5.95. The summed E-state index contributed by atoms with van der Waals surface area (Å²) >= 11 is 0. The van der Waals surface area contributed by atoms with Crippen molar-refractivity contribution in [3.8, 4) is 0 Å². The van der Waals surface area contributed by atoms with Gasteiger partial charge in [-0.15, -0.1) is 0 Å². The number of benzene rings is 2. The monoisotopic (exact) mass is 330 g/mol. The molecule has 0 saturated heterocycles. The summed E-state index contributed by atoms with van der Waals surface area (Å²) in [5, 5.41) is 13.8. The number of hydrogen-bond donors (Lipinski definition) is 1. The molecule has 0 unspecified atom stereocenters. The standard InChI is InChI=1S/C18H19FN2O3/c1-11(2)17(13-4-7-15(19)8-5-13)20-18(22)14-6-9-16(21(23)24)12(3)10-14/h4-11,17H,1-3H3,(H,20,22)/t17-/m0/s1. The van der Waals surface area contributed by atoms with Crippen molar-refractivity contribution >= 4 is 11.6 Å². The third kappa shape index (κ3) is 3.95. The van der Waals surface area contributed by atoms with Gasteiger partial charge >= 0.3 is 0 Å². The topological polar surface area (TPSA) is 72.2 Å². The van der Waals surface area contributed by atoms with Crippen LogP contribution in [0.15, 0.2) is 42.5 Å². The number of nitro groups is 1. The van der Waals surface area contributed by atoms with Crippen LogP contribution < -0.4 is 5.32 Å². The van der Waals surface area contributed by atoms with Crippen LogP contribution in [0, 0.1) is 28.8 Å². The quantitative estimate of drug-likeness (QED) is 0.660. The molecular formula is C18H19FN2O3. The molecule has 2 rings (SSSR count). The van der Waals surface area contributed by atoms with Gasteiger partial charge in [-0.25, -0.2) is 4.39 Å². The number of carbonyl (C=O) groups is 1. The Morgan fingerprint density at radius 3 is 2.29 bits per heavy atom. The van der Waals surface area contributed by atoms with Crippen LogP contribution in [0.2, 0.25) is 0 Å². The van der Waals surface area contributed by atoms with Gasteiger partial charge in [0.15, 0.2) is 0 Å². The zero-order valence-corrected chi connectivity index (χ0v) is 13.7. The van der Waals surface area contributed by atoms with Crippen molar-refractivity contribution in [2.24, 2.45) is 5.92 Å². The van der Waals surface area contributed by atoms with Crippen LogP contribution >= 0.6 is 0 Å². The van der Waals surface area contributed by atoms with E-state index in [0.717, 1.165) is 5.56 Å². The summed E-state index contributed by atoms with van der Waals surface area (Å²) in [5.74, 6) is -0.562. The highest BCUT2D eigenvalue weighted by atomic mass is 19.1. The van der Waals surface area contributed by atoms with Gasteiger partial charge in [0.2, 0.25) is 0 Å². The highest BCUT2D eigenvalue weighted by Gasteiger charge is 2.20. The third-order valence-electron chi connectivity index (χ3n) is 3.84. The summed E-state index contributed by atoms with van der Waals surface area (Å²) in [5.41, 5.74) is 1.56. The fourth-order valence-electron chi connectivity index (χ4n) is 2.53. The van der Waals surface area contributed by atoms with E-state index in [0.29, 0.717) is 11.1 Å².